The fraction of sp³-hybridized carbons (Fsp3) is 0.467. The van der Waals surface area contributed by atoms with Gasteiger partial charge in [0.1, 0.15) is 0 Å². The number of furan rings is 1. The van der Waals surface area contributed by atoms with Crippen molar-refractivity contribution >= 4 is 22.4 Å². The monoisotopic (exact) mass is 321 g/mol. The summed E-state index contributed by atoms with van der Waals surface area (Å²) in [4.78, 5) is 18.7. The summed E-state index contributed by atoms with van der Waals surface area (Å²) in [6.45, 7) is 6.73. The molecule has 0 unspecified atom stereocenters. The van der Waals surface area contributed by atoms with Crippen LogP contribution in [0.1, 0.15) is 30.1 Å². The Bertz CT molecular complexity index is 616. The van der Waals surface area contributed by atoms with Crippen molar-refractivity contribution in [2.75, 3.05) is 18.4 Å². The predicted octanol–water partition coefficient (Wildman–Crippen LogP) is 2.60. The van der Waals surface area contributed by atoms with Crippen molar-refractivity contribution in [3.8, 4) is 0 Å². The van der Waals surface area contributed by atoms with Gasteiger partial charge in [-0.25, -0.2) is 4.98 Å². The highest BCUT2D eigenvalue weighted by molar-refractivity contribution is 7.13. The molecule has 7 heteroatoms. The zero-order valence-corrected chi connectivity index (χ0v) is 13.4. The Kier molecular flexibility index (Phi) is 4.56. The lowest BCUT2D eigenvalue weighted by molar-refractivity contribution is -0.0707. The van der Waals surface area contributed by atoms with E-state index in [0.717, 1.165) is 25.3 Å². The molecule has 1 saturated heterocycles. The van der Waals surface area contributed by atoms with Gasteiger partial charge in [0, 0.05) is 25.0 Å². The number of hydrogen-bond acceptors (Lipinski definition) is 6. The maximum atomic E-state index is 11.9. The molecule has 6 nitrogen and oxygen atoms in total. The maximum Gasteiger partial charge on any atom is 0.293 e. The molecule has 22 heavy (non-hydrogen) atoms. The first-order valence-corrected chi connectivity index (χ1v) is 8.15. The third kappa shape index (κ3) is 3.73. The smallest absolute Gasteiger partial charge is 0.293 e. The number of ether oxygens (including phenoxy) is 1. The first-order valence-electron chi connectivity index (χ1n) is 7.27. The SMILES string of the molecule is C[C@@H]1CN(Cc2csc(NC(=O)c3ccco3)n2)C[C@@H](C)O1. The highest BCUT2D eigenvalue weighted by atomic mass is 32.1. The van der Waals surface area contributed by atoms with Crippen LogP contribution in [0.2, 0.25) is 0 Å². The average Bonchev–Trinajstić information content (AvgIpc) is 3.09. The molecule has 118 valence electrons. The largest absolute Gasteiger partial charge is 0.459 e. The number of rotatable bonds is 4. The molecule has 3 heterocycles. The molecule has 2 aromatic rings. The highest BCUT2D eigenvalue weighted by Crippen LogP contribution is 2.20. The first kappa shape index (κ1) is 15.2. The van der Waals surface area contributed by atoms with Gasteiger partial charge in [0.05, 0.1) is 24.2 Å². The van der Waals surface area contributed by atoms with Gasteiger partial charge >= 0.3 is 0 Å². The number of aromatic nitrogens is 1. The summed E-state index contributed by atoms with van der Waals surface area (Å²) in [5, 5.41) is 5.31. The second kappa shape index (κ2) is 6.60. The Hall–Kier alpha value is -1.70. The Labute approximate surface area is 133 Å². The zero-order valence-electron chi connectivity index (χ0n) is 12.6. The molecule has 3 rings (SSSR count). The number of carbonyl (C=O) groups excluding carboxylic acids is 1. The second-order valence-corrected chi connectivity index (χ2v) is 6.38. The van der Waals surface area contributed by atoms with Crippen molar-refractivity contribution in [3.63, 3.8) is 0 Å². The van der Waals surface area contributed by atoms with E-state index in [1.807, 2.05) is 5.38 Å². The molecule has 1 fully saturated rings. The Morgan fingerprint density at radius 2 is 2.23 bits per heavy atom. The van der Waals surface area contributed by atoms with Gasteiger partial charge in [0.2, 0.25) is 0 Å². The van der Waals surface area contributed by atoms with Crippen molar-refractivity contribution in [1.82, 2.24) is 9.88 Å². The van der Waals surface area contributed by atoms with Gasteiger partial charge < -0.3 is 9.15 Å². The van der Waals surface area contributed by atoms with Crippen LogP contribution in [0.15, 0.2) is 28.2 Å². The van der Waals surface area contributed by atoms with Crippen LogP contribution in [0.3, 0.4) is 0 Å². The van der Waals surface area contributed by atoms with Gasteiger partial charge in [-0.2, -0.15) is 0 Å². The lowest BCUT2D eigenvalue weighted by Crippen LogP contribution is -2.44. The van der Waals surface area contributed by atoms with E-state index in [1.54, 1.807) is 12.1 Å². The van der Waals surface area contributed by atoms with Crippen molar-refractivity contribution in [3.05, 3.63) is 35.2 Å². The summed E-state index contributed by atoms with van der Waals surface area (Å²) in [6.07, 6.45) is 1.95. The molecule has 0 saturated carbocycles. The van der Waals surface area contributed by atoms with Gasteiger partial charge in [-0.1, -0.05) is 0 Å². The van der Waals surface area contributed by atoms with Crippen molar-refractivity contribution in [2.45, 2.75) is 32.6 Å². The van der Waals surface area contributed by atoms with Crippen LogP contribution in [0, 0.1) is 0 Å². The Morgan fingerprint density at radius 1 is 1.45 bits per heavy atom. The number of nitrogens with zero attached hydrogens (tertiary/aromatic N) is 2. The van der Waals surface area contributed by atoms with E-state index >= 15 is 0 Å². The predicted molar refractivity (Wildman–Crippen MR) is 84.1 cm³/mol. The van der Waals surface area contributed by atoms with E-state index in [9.17, 15) is 4.79 Å². The minimum Gasteiger partial charge on any atom is -0.459 e. The minimum atomic E-state index is -0.278. The molecule has 0 radical (unpaired) electrons. The van der Waals surface area contributed by atoms with E-state index < -0.39 is 0 Å². The van der Waals surface area contributed by atoms with E-state index in [1.165, 1.54) is 17.6 Å². The van der Waals surface area contributed by atoms with Crippen LogP contribution in [-0.4, -0.2) is 41.1 Å². The van der Waals surface area contributed by atoms with Gasteiger partial charge in [-0.3, -0.25) is 15.0 Å². The molecule has 0 spiro atoms. The highest BCUT2D eigenvalue weighted by Gasteiger charge is 2.22. The van der Waals surface area contributed by atoms with E-state index in [0.29, 0.717) is 5.13 Å². The third-order valence-electron chi connectivity index (χ3n) is 3.40. The first-order chi connectivity index (χ1) is 10.6. The summed E-state index contributed by atoms with van der Waals surface area (Å²) in [5.41, 5.74) is 0.959. The Morgan fingerprint density at radius 3 is 2.91 bits per heavy atom. The summed E-state index contributed by atoms with van der Waals surface area (Å²) >= 11 is 1.42. The number of hydrogen-bond donors (Lipinski definition) is 1. The number of anilines is 1. The second-order valence-electron chi connectivity index (χ2n) is 5.53. The van der Waals surface area contributed by atoms with E-state index in [-0.39, 0.29) is 23.9 Å². The van der Waals surface area contributed by atoms with Gasteiger partial charge in [-0.15, -0.1) is 11.3 Å². The van der Waals surface area contributed by atoms with E-state index in [2.05, 4.69) is 29.0 Å². The normalized spacial score (nSPS) is 22.6. The summed E-state index contributed by atoms with van der Waals surface area (Å²) in [7, 11) is 0. The number of carbonyl (C=O) groups is 1. The van der Waals surface area contributed by atoms with Crippen LogP contribution in [0.4, 0.5) is 5.13 Å². The van der Waals surface area contributed by atoms with Crippen LogP contribution in [-0.2, 0) is 11.3 Å². The molecule has 0 bridgehead atoms. The van der Waals surface area contributed by atoms with Crippen LogP contribution >= 0.6 is 11.3 Å². The lowest BCUT2D eigenvalue weighted by Gasteiger charge is -2.34. The lowest BCUT2D eigenvalue weighted by atomic mass is 10.2. The van der Waals surface area contributed by atoms with Crippen molar-refractivity contribution < 1.29 is 13.9 Å². The topological polar surface area (TPSA) is 67.6 Å². The van der Waals surface area contributed by atoms with Crippen LogP contribution in [0.25, 0.3) is 0 Å². The third-order valence-corrected chi connectivity index (χ3v) is 4.20. The van der Waals surface area contributed by atoms with Crippen molar-refractivity contribution in [2.24, 2.45) is 0 Å². The van der Waals surface area contributed by atoms with Crippen LogP contribution in [0.5, 0.6) is 0 Å². The molecular formula is C15H19N3O3S. The fourth-order valence-electron chi connectivity index (χ4n) is 2.65. The molecule has 2 aromatic heterocycles. The minimum absolute atomic E-state index is 0.237. The summed E-state index contributed by atoms with van der Waals surface area (Å²) in [6, 6.07) is 3.31. The number of nitrogens with one attached hydrogen (secondary N) is 1. The maximum absolute atomic E-state index is 11.9. The van der Waals surface area contributed by atoms with Gasteiger partial charge in [0.15, 0.2) is 10.9 Å². The molecule has 1 N–H and O–H groups in total. The van der Waals surface area contributed by atoms with Crippen molar-refractivity contribution in [1.29, 1.82) is 0 Å². The summed E-state index contributed by atoms with van der Waals surface area (Å²) in [5.74, 6) is 0.00657. The number of morpholine rings is 1. The van der Waals surface area contributed by atoms with E-state index in [4.69, 9.17) is 9.15 Å². The summed E-state index contributed by atoms with van der Waals surface area (Å²) < 4.78 is 10.8. The number of amides is 1. The zero-order chi connectivity index (χ0) is 15.5. The van der Waals surface area contributed by atoms with Crippen LogP contribution < -0.4 is 5.32 Å². The standard InChI is InChI=1S/C15H19N3O3S/c1-10-6-18(7-11(2)21-10)8-12-9-22-15(16-12)17-14(19)13-4-3-5-20-13/h3-5,9-11H,6-8H2,1-2H3,(H,16,17,19)/t10-,11-/m1/s1. The average molecular weight is 321 g/mol. The quantitative estimate of drug-likeness (QED) is 0.937. The fourth-order valence-corrected chi connectivity index (χ4v) is 3.34. The molecule has 0 aliphatic carbocycles. The van der Waals surface area contributed by atoms with Gasteiger partial charge in [0.25, 0.3) is 5.91 Å². The molecule has 1 aliphatic rings. The molecule has 1 amide bonds. The molecule has 2 atom stereocenters. The molecular weight excluding hydrogens is 302 g/mol. The molecule has 0 aromatic carbocycles. The number of thiazole rings is 1. The molecule has 1 aliphatic heterocycles. The Balaban J connectivity index is 1.58. The van der Waals surface area contributed by atoms with Gasteiger partial charge in [-0.05, 0) is 26.0 Å².